The second kappa shape index (κ2) is 4.09. The summed E-state index contributed by atoms with van der Waals surface area (Å²) in [6.45, 7) is 2.20. The van der Waals surface area contributed by atoms with Gasteiger partial charge in [-0.25, -0.2) is 0 Å². The Morgan fingerprint density at radius 2 is 2.20 bits per heavy atom. The zero-order valence-electron chi connectivity index (χ0n) is 6.50. The number of rotatable bonds is 2. The minimum atomic E-state index is 0. The summed E-state index contributed by atoms with van der Waals surface area (Å²) in [5, 5.41) is 0. The van der Waals surface area contributed by atoms with Crippen LogP contribution in [0.1, 0.15) is 18.9 Å². The molecule has 0 aromatic carbocycles. The number of hydrogen-bond donors (Lipinski definition) is 0. The highest BCUT2D eigenvalue weighted by Crippen LogP contribution is 2.01. The molecular formula is C8H14FN. The zero-order valence-corrected chi connectivity index (χ0v) is 6.50. The fraction of sp³-hybridized carbons (Fsp3) is 0.500. The van der Waals surface area contributed by atoms with Gasteiger partial charge in [-0.1, -0.05) is 13.3 Å². The van der Waals surface area contributed by atoms with E-state index in [-0.39, 0.29) is 4.70 Å². The van der Waals surface area contributed by atoms with Crippen molar-refractivity contribution < 1.29 is 4.70 Å². The summed E-state index contributed by atoms with van der Waals surface area (Å²) in [5.74, 6) is 0. The van der Waals surface area contributed by atoms with Crippen LogP contribution in [0.3, 0.4) is 0 Å². The Morgan fingerprint density at radius 3 is 2.60 bits per heavy atom. The van der Waals surface area contributed by atoms with E-state index in [0.717, 1.165) is 0 Å². The Morgan fingerprint density at radius 1 is 1.50 bits per heavy atom. The van der Waals surface area contributed by atoms with Crippen molar-refractivity contribution in [1.29, 1.82) is 0 Å². The van der Waals surface area contributed by atoms with Crippen molar-refractivity contribution in [3.05, 3.63) is 24.0 Å². The van der Waals surface area contributed by atoms with E-state index in [1.165, 1.54) is 18.4 Å². The van der Waals surface area contributed by atoms with Gasteiger partial charge in [-0.15, -0.1) is 0 Å². The first-order valence-corrected chi connectivity index (χ1v) is 3.43. The SMILES string of the molecule is CCCc1ccn(C)c1.F. The number of aromatic nitrogens is 1. The third kappa shape index (κ3) is 2.21. The van der Waals surface area contributed by atoms with E-state index >= 15 is 0 Å². The average molecular weight is 143 g/mol. The highest BCUT2D eigenvalue weighted by molar-refractivity contribution is 5.09. The van der Waals surface area contributed by atoms with Crippen molar-refractivity contribution in [2.75, 3.05) is 0 Å². The third-order valence-corrected chi connectivity index (χ3v) is 1.43. The topological polar surface area (TPSA) is 4.93 Å². The molecule has 0 unspecified atom stereocenters. The third-order valence-electron chi connectivity index (χ3n) is 1.43. The van der Waals surface area contributed by atoms with Crippen LogP contribution in [0.15, 0.2) is 18.5 Å². The molecule has 0 saturated carbocycles. The highest BCUT2D eigenvalue weighted by atomic mass is 19.0. The fourth-order valence-electron chi connectivity index (χ4n) is 0.997. The first-order chi connectivity index (χ1) is 4.33. The zero-order chi connectivity index (χ0) is 6.69. The van der Waals surface area contributed by atoms with Gasteiger partial charge in [0.2, 0.25) is 0 Å². The van der Waals surface area contributed by atoms with Crippen LogP contribution in [0, 0.1) is 0 Å². The van der Waals surface area contributed by atoms with E-state index in [2.05, 4.69) is 37.0 Å². The van der Waals surface area contributed by atoms with Gasteiger partial charge in [-0.3, -0.25) is 4.70 Å². The lowest BCUT2D eigenvalue weighted by Crippen LogP contribution is -1.80. The first-order valence-electron chi connectivity index (χ1n) is 3.43. The smallest absolute Gasteiger partial charge is 0.0106 e. The van der Waals surface area contributed by atoms with Gasteiger partial charge in [0.05, 0.1) is 0 Å². The van der Waals surface area contributed by atoms with Gasteiger partial charge in [0.1, 0.15) is 0 Å². The van der Waals surface area contributed by atoms with Gasteiger partial charge < -0.3 is 4.57 Å². The van der Waals surface area contributed by atoms with Gasteiger partial charge in [0.25, 0.3) is 0 Å². The largest absolute Gasteiger partial charge is 0.357 e. The molecule has 0 atom stereocenters. The average Bonchev–Trinajstić information content (AvgIpc) is 2.17. The summed E-state index contributed by atoms with van der Waals surface area (Å²) in [6.07, 6.45) is 6.71. The van der Waals surface area contributed by atoms with Crippen LogP contribution in [0.5, 0.6) is 0 Å². The molecule has 0 saturated heterocycles. The number of nitrogens with zero attached hydrogens (tertiary/aromatic N) is 1. The minimum Gasteiger partial charge on any atom is -0.357 e. The van der Waals surface area contributed by atoms with E-state index in [0.29, 0.717) is 0 Å². The molecule has 58 valence electrons. The predicted molar refractivity (Wildman–Crippen MR) is 41.9 cm³/mol. The normalized spacial score (nSPS) is 9.00. The molecular weight excluding hydrogens is 129 g/mol. The maximum Gasteiger partial charge on any atom is 0.0106 e. The molecule has 1 rings (SSSR count). The summed E-state index contributed by atoms with van der Waals surface area (Å²) < 4.78 is 2.09. The van der Waals surface area contributed by atoms with Crippen molar-refractivity contribution in [2.45, 2.75) is 19.8 Å². The summed E-state index contributed by atoms with van der Waals surface area (Å²) >= 11 is 0. The van der Waals surface area contributed by atoms with Crippen LogP contribution in [0.2, 0.25) is 0 Å². The fourth-order valence-corrected chi connectivity index (χ4v) is 0.997. The molecule has 1 aromatic heterocycles. The highest BCUT2D eigenvalue weighted by Gasteiger charge is 1.89. The molecule has 1 nitrogen and oxygen atoms in total. The number of hydrogen-bond acceptors (Lipinski definition) is 0. The van der Waals surface area contributed by atoms with Gasteiger partial charge in [-0.2, -0.15) is 0 Å². The van der Waals surface area contributed by atoms with E-state index in [1.54, 1.807) is 0 Å². The Kier molecular flexibility index (Phi) is 3.77. The second-order valence-corrected chi connectivity index (χ2v) is 2.44. The van der Waals surface area contributed by atoms with E-state index in [9.17, 15) is 0 Å². The van der Waals surface area contributed by atoms with E-state index < -0.39 is 0 Å². The van der Waals surface area contributed by atoms with Gasteiger partial charge in [0, 0.05) is 19.4 Å². The predicted octanol–water partition coefficient (Wildman–Crippen LogP) is 2.13. The number of halogens is 1. The molecule has 10 heavy (non-hydrogen) atoms. The number of aryl methyl sites for hydroxylation is 2. The second-order valence-electron chi connectivity index (χ2n) is 2.44. The van der Waals surface area contributed by atoms with Crippen LogP contribution in [-0.2, 0) is 13.5 Å². The Bertz CT molecular complexity index is 181. The van der Waals surface area contributed by atoms with Crippen LogP contribution in [-0.4, -0.2) is 4.57 Å². The lowest BCUT2D eigenvalue weighted by molar-refractivity contribution is 0.890. The molecule has 0 aliphatic rings. The summed E-state index contributed by atoms with van der Waals surface area (Å²) in [7, 11) is 2.05. The van der Waals surface area contributed by atoms with Gasteiger partial charge >= 0.3 is 0 Å². The van der Waals surface area contributed by atoms with E-state index in [4.69, 9.17) is 0 Å². The molecule has 0 radical (unpaired) electrons. The summed E-state index contributed by atoms with van der Waals surface area (Å²) in [5.41, 5.74) is 1.44. The molecule has 0 N–H and O–H groups in total. The molecule has 2 heteroatoms. The Balaban J connectivity index is 0.000000810. The van der Waals surface area contributed by atoms with Crippen molar-refractivity contribution in [2.24, 2.45) is 7.05 Å². The Labute approximate surface area is 61.0 Å². The van der Waals surface area contributed by atoms with Crippen molar-refractivity contribution in [3.8, 4) is 0 Å². The standard InChI is InChI=1S/C8H13N.FH/c1-3-4-8-5-6-9(2)7-8;/h5-7H,3-4H2,1-2H3;1H. The molecule has 1 heterocycles. The molecule has 0 aliphatic carbocycles. The van der Waals surface area contributed by atoms with Crippen LogP contribution < -0.4 is 0 Å². The molecule has 0 aliphatic heterocycles. The van der Waals surface area contributed by atoms with Crippen molar-refractivity contribution >= 4 is 0 Å². The summed E-state index contributed by atoms with van der Waals surface area (Å²) in [4.78, 5) is 0. The quantitative estimate of drug-likeness (QED) is 0.597. The lowest BCUT2D eigenvalue weighted by atomic mass is 10.2. The molecule has 0 amide bonds. The monoisotopic (exact) mass is 143 g/mol. The minimum absolute atomic E-state index is 0. The van der Waals surface area contributed by atoms with Gasteiger partial charge in [0.15, 0.2) is 0 Å². The first kappa shape index (κ1) is 9.21. The molecule has 0 bridgehead atoms. The Hall–Kier alpha value is -0.790. The molecule has 0 spiro atoms. The van der Waals surface area contributed by atoms with Crippen molar-refractivity contribution in [3.63, 3.8) is 0 Å². The maximum absolute atomic E-state index is 2.20. The maximum atomic E-state index is 2.20. The van der Waals surface area contributed by atoms with Crippen molar-refractivity contribution in [1.82, 2.24) is 4.57 Å². The van der Waals surface area contributed by atoms with Crippen LogP contribution in [0.25, 0.3) is 0 Å². The molecule has 0 fully saturated rings. The molecule has 1 aromatic rings. The van der Waals surface area contributed by atoms with E-state index in [1.807, 2.05) is 0 Å². The van der Waals surface area contributed by atoms with Gasteiger partial charge in [-0.05, 0) is 18.1 Å². The lowest BCUT2D eigenvalue weighted by Gasteiger charge is -1.88. The van der Waals surface area contributed by atoms with Crippen LogP contribution in [0.4, 0.5) is 4.70 Å². The van der Waals surface area contributed by atoms with Crippen LogP contribution >= 0.6 is 0 Å². The summed E-state index contributed by atoms with van der Waals surface area (Å²) in [6, 6.07) is 2.17.